The lowest BCUT2D eigenvalue weighted by molar-refractivity contribution is -0.123. The lowest BCUT2D eigenvalue weighted by atomic mass is 10.1. The Labute approximate surface area is 145 Å². The fourth-order valence-electron chi connectivity index (χ4n) is 1.88. The number of rotatable bonds is 6. The predicted molar refractivity (Wildman–Crippen MR) is 89.6 cm³/mol. The van der Waals surface area contributed by atoms with Crippen LogP contribution >= 0.6 is 15.9 Å². The van der Waals surface area contributed by atoms with Crippen molar-refractivity contribution in [2.24, 2.45) is 5.10 Å². The molecular weight excluding hydrogens is 378 g/mol. The molecule has 8 heteroatoms. The summed E-state index contributed by atoms with van der Waals surface area (Å²) in [5, 5.41) is 7.45. The van der Waals surface area contributed by atoms with E-state index in [4.69, 9.17) is 13.7 Å². The minimum Gasteiger partial charge on any atom is -0.483 e. The summed E-state index contributed by atoms with van der Waals surface area (Å²) in [5.74, 6) is 1.18. The van der Waals surface area contributed by atoms with Gasteiger partial charge < -0.3 is 13.7 Å². The first-order valence-corrected chi connectivity index (χ1v) is 7.70. The maximum Gasteiger partial charge on any atom is 0.277 e. The first-order chi connectivity index (χ1) is 11.7. The van der Waals surface area contributed by atoms with E-state index < -0.39 is 5.91 Å². The van der Waals surface area contributed by atoms with Crippen LogP contribution in [0.25, 0.3) is 11.3 Å². The van der Waals surface area contributed by atoms with E-state index in [0.29, 0.717) is 22.8 Å². The second kappa shape index (κ2) is 7.60. The third-order valence-electron chi connectivity index (χ3n) is 2.93. The van der Waals surface area contributed by atoms with E-state index in [1.165, 1.54) is 18.7 Å². The largest absolute Gasteiger partial charge is 0.483 e. The summed E-state index contributed by atoms with van der Waals surface area (Å²) in [6.07, 6.45) is 4.46. The first kappa shape index (κ1) is 16.0. The molecule has 1 aromatic carbocycles. The molecule has 0 aliphatic carbocycles. The van der Waals surface area contributed by atoms with Crippen molar-refractivity contribution in [3.63, 3.8) is 0 Å². The zero-order chi connectivity index (χ0) is 16.8. The minimum atomic E-state index is -0.399. The Hall–Kier alpha value is -2.87. The van der Waals surface area contributed by atoms with Crippen molar-refractivity contribution >= 4 is 28.1 Å². The summed E-state index contributed by atoms with van der Waals surface area (Å²) in [6.45, 7) is -0.196. The van der Waals surface area contributed by atoms with E-state index in [1.54, 1.807) is 24.3 Å². The second-order valence-electron chi connectivity index (χ2n) is 4.61. The number of carbonyl (C=O) groups excluding carboxylic acids is 1. The van der Waals surface area contributed by atoms with Gasteiger partial charge >= 0.3 is 0 Å². The Morgan fingerprint density at radius 1 is 1.38 bits per heavy atom. The van der Waals surface area contributed by atoms with E-state index >= 15 is 0 Å². The van der Waals surface area contributed by atoms with E-state index in [-0.39, 0.29) is 6.61 Å². The number of amides is 1. The highest BCUT2D eigenvalue weighted by molar-refractivity contribution is 9.10. The molecule has 0 atom stereocenters. The smallest absolute Gasteiger partial charge is 0.277 e. The Bertz CT molecular complexity index is 829. The van der Waals surface area contributed by atoms with Gasteiger partial charge in [0, 0.05) is 10.5 Å². The van der Waals surface area contributed by atoms with Gasteiger partial charge in [0.05, 0.1) is 24.2 Å². The minimum absolute atomic E-state index is 0.196. The summed E-state index contributed by atoms with van der Waals surface area (Å²) < 4.78 is 16.6. The molecule has 24 heavy (non-hydrogen) atoms. The number of hydrogen-bond acceptors (Lipinski definition) is 6. The van der Waals surface area contributed by atoms with E-state index in [0.717, 1.165) is 4.47 Å². The molecule has 1 amide bonds. The number of ether oxygens (including phenoxy) is 1. The van der Waals surface area contributed by atoms with Crippen LogP contribution in [-0.2, 0) is 4.79 Å². The monoisotopic (exact) mass is 389 g/mol. The molecule has 2 heterocycles. The fourth-order valence-corrected chi connectivity index (χ4v) is 2.24. The van der Waals surface area contributed by atoms with Crippen molar-refractivity contribution in [1.29, 1.82) is 0 Å². The van der Waals surface area contributed by atoms with Crippen molar-refractivity contribution < 1.29 is 18.5 Å². The van der Waals surface area contributed by atoms with Crippen LogP contribution in [0.15, 0.2) is 67.4 Å². The predicted octanol–water partition coefficient (Wildman–Crippen LogP) is 3.23. The molecule has 7 nitrogen and oxygen atoms in total. The number of hydrogen-bond donors (Lipinski definition) is 1. The van der Waals surface area contributed by atoms with Gasteiger partial charge in [0.15, 0.2) is 12.4 Å². The van der Waals surface area contributed by atoms with E-state index in [1.807, 2.05) is 12.1 Å². The molecule has 0 unspecified atom stereocenters. The molecule has 3 rings (SSSR count). The molecule has 0 aliphatic heterocycles. The van der Waals surface area contributed by atoms with E-state index in [2.05, 4.69) is 31.6 Å². The third-order valence-corrected chi connectivity index (χ3v) is 3.42. The number of benzene rings is 1. The second-order valence-corrected chi connectivity index (χ2v) is 5.53. The summed E-state index contributed by atoms with van der Waals surface area (Å²) >= 11 is 3.39. The number of hydrazone groups is 1. The number of aromatic nitrogens is 1. The van der Waals surface area contributed by atoms with Gasteiger partial charge in [-0.3, -0.25) is 4.79 Å². The zero-order valence-corrected chi connectivity index (χ0v) is 13.9. The summed E-state index contributed by atoms with van der Waals surface area (Å²) in [5.41, 5.74) is 3.05. The van der Waals surface area contributed by atoms with Crippen LogP contribution in [0.5, 0.6) is 5.75 Å². The average Bonchev–Trinajstić information content (AvgIpc) is 3.27. The lowest BCUT2D eigenvalue weighted by Crippen LogP contribution is -2.24. The summed E-state index contributed by atoms with van der Waals surface area (Å²) in [6, 6.07) is 10.5. The normalized spacial score (nSPS) is 10.9. The third kappa shape index (κ3) is 4.11. The highest BCUT2D eigenvalue weighted by Crippen LogP contribution is 2.32. The van der Waals surface area contributed by atoms with Crippen molar-refractivity contribution in [3.8, 4) is 17.1 Å². The van der Waals surface area contributed by atoms with Gasteiger partial charge in [-0.2, -0.15) is 5.10 Å². The number of carbonyl (C=O) groups is 1. The summed E-state index contributed by atoms with van der Waals surface area (Å²) in [7, 11) is 0. The topological polar surface area (TPSA) is 89.9 Å². The van der Waals surface area contributed by atoms with Crippen LogP contribution in [0.2, 0.25) is 0 Å². The molecule has 0 bridgehead atoms. The molecule has 2 aromatic heterocycles. The Morgan fingerprint density at radius 3 is 3.04 bits per heavy atom. The standard InChI is InChI=1S/C16H12BrN3O4/c17-11-3-4-14(13(8-11)15-5-6-19-24-15)23-10-16(21)20-18-9-12-2-1-7-22-12/h1-9H,10H2,(H,20,21)/b18-9+. The van der Waals surface area contributed by atoms with Crippen LogP contribution < -0.4 is 10.2 Å². The van der Waals surface area contributed by atoms with Gasteiger partial charge in [-0.1, -0.05) is 21.1 Å². The molecule has 3 aromatic rings. The summed E-state index contributed by atoms with van der Waals surface area (Å²) in [4.78, 5) is 11.8. The zero-order valence-electron chi connectivity index (χ0n) is 12.3. The lowest BCUT2D eigenvalue weighted by Gasteiger charge is -2.09. The molecule has 122 valence electrons. The van der Waals surface area contributed by atoms with Crippen molar-refractivity contribution in [2.45, 2.75) is 0 Å². The first-order valence-electron chi connectivity index (χ1n) is 6.91. The molecule has 1 N–H and O–H groups in total. The van der Waals surface area contributed by atoms with Crippen LogP contribution in [-0.4, -0.2) is 23.9 Å². The highest BCUT2D eigenvalue weighted by Gasteiger charge is 2.12. The van der Waals surface area contributed by atoms with Gasteiger partial charge in [-0.15, -0.1) is 0 Å². The highest BCUT2D eigenvalue weighted by atomic mass is 79.9. The van der Waals surface area contributed by atoms with E-state index in [9.17, 15) is 4.79 Å². The number of nitrogens with one attached hydrogen (secondary N) is 1. The van der Waals surface area contributed by atoms with Crippen molar-refractivity contribution in [1.82, 2.24) is 10.6 Å². The maximum absolute atomic E-state index is 11.8. The van der Waals surface area contributed by atoms with Gasteiger partial charge in [0.1, 0.15) is 11.5 Å². The van der Waals surface area contributed by atoms with Crippen molar-refractivity contribution in [3.05, 3.63) is 59.1 Å². The Morgan fingerprint density at radius 2 is 2.29 bits per heavy atom. The van der Waals surface area contributed by atoms with Crippen LogP contribution in [0.1, 0.15) is 5.76 Å². The molecule has 0 saturated carbocycles. The van der Waals surface area contributed by atoms with Gasteiger partial charge in [0.2, 0.25) is 0 Å². The molecule has 0 radical (unpaired) electrons. The van der Waals surface area contributed by atoms with Crippen molar-refractivity contribution in [2.75, 3.05) is 6.61 Å². The molecule has 0 aliphatic rings. The van der Waals surface area contributed by atoms with Gasteiger partial charge in [-0.25, -0.2) is 5.43 Å². The van der Waals surface area contributed by atoms with Crippen LogP contribution in [0.3, 0.4) is 0 Å². The van der Waals surface area contributed by atoms with Crippen LogP contribution in [0.4, 0.5) is 0 Å². The Kier molecular flexibility index (Phi) is 5.07. The number of halogens is 1. The number of nitrogens with zero attached hydrogens (tertiary/aromatic N) is 2. The molecule has 0 fully saturated rings. The van der Waals surface area contributed by atoms with Gasteiger partial charge in [-0.05, 0) is 30.3 Å². The molecule has 0 saturated heterocycles. The van der Waals surface area contributed by atoms with Crippen LogP contribution in [0, 0.1) is 0 Å². The molecule has 0 spiro atoms. The quantitative estimate of drug-likeness (QED) is 0.516. The maximum atomic E-state index is 11.8. The average molecular weight is 390 g/mol. The SMILES string of the molecule is O=C(COc1ccc(Br)cc1-c1ccno1)N/N=C/c1ccco1. The fraction of sp³-hybridized carbons (Fsp3) is 0.0625. The molecular formula is C16H12BrN3O4. The van der Waals surface area contributed by atoms with Gasteiger partial charge in [0.25, 0.3) is 5.91 Å². The Balaban J connectivity index is 1.61. The number of furan rings is 1.